The number of carboxylic acids is 1. The monoisotopic (exact) mass is 384 g/mol. The summed E-state index contributed by atoms with van der Waals surface area (Å²) in [7, 11) is 0. The van der Waals surface area contributed by atoms with Crippen molar-refractivity contribution in [3.05, 3.63) is 28.3 Å². The molecule has 2 rings (SSSR count). The number of hydrogen-bond acceptors (Lipinski definition) is 6. The lowest BCUT2D eigenvalue weighted by Crippen LogP contribution is -2.51. The average molecular weight is 385 g/mol. The SMILES string of the molecule is CCOc1cc(C=C2C(=O)NC(=S)NC2=O)cc(Cl)c1OCC(=O)O. The van der Waals surface area contributed by atoms with E-state index in [1.807, 2.05) is 0 Å². The molecule has 1 aliphatic heterocycles. The summed E-state index contributed by atoms with van der Waals surface area (Å²) >= 11 is 10.8. The van der Waals surface area contributed by atoms with Gasteiger partial charge in [-0.3, -0.25) is 20.2 Å². The van der Waals surface area contributed by atoms with Crippen LogP contribution in [0.25, 0.3) is 6.08 Å². The zero-order valence-electron chi connectivity index (χ0n) is 12.9. The third kappa shape index (κ3) is 4.68. The number of benzene rings is 1. The Balaban J connectivity index is 2.40. The van der Waals surface area contributed by atoms with Gasteiger partial charge in [-0.2, -0.15) is 0 Å². The molecule has 8 nitrogen and oxygen atoms in total. The number of hydrogen-bond donors (Lipinski definition) is 3. The van der Waals surface area contributed by atoms with E-state index in [1.54, 1.807) is 6.92 Å². The molecule has 132 valence electrons. The second kappa shape index (κ2) is 7.95. The first-order valence-corrected chi connectivity index (χ1v) is 7.79. The van der Waals surface area contributed by atoms with Crippen LogP contribution < -0.4 is 20.1 Å². The summed E-state index contributed by atoms with van der Waals surface area (Å²) in [5.41, 5.74) is 0.232. The van der Waals surface area contributed by atoms with E-state index in [-0.39, 0.29) is 33.8 Å². The minimum atomic E-state index is -1.17. The van der Waals surface area contributed by atoms with Crippen LogP contribution in [0.3, 0.4) is 0 Å². The van der Waals surface area contributed by atoms with Crippen molar-refractivity contribution >= 4 is 52.8 Å². The van der Waals surface area contributed by atoms with Crippen molar-refractivity contribution in [2.24, 2.45) is 0 Å². The van der Waals surface area contributed by atoms with Gasteiger partial charge in [0.25, 0.3) is 11.8 Å². The lowest BCUT2D eigenvalue weighted by atomic mass is 10.1. The van der Waals surface area contributed by atoms with E-state index in [4.69, 9.17) is 38.4 Å². The number of rotatable bonds is 6. The molecule has 0 radical (unpaired) electrons. The number of carbonyl (C=O) groups excluding carboxylic acids is 2. The second-order valence-corrected chi connectivity index (χ2v) is 5.56. The van der Waals surface area contributed by atoms with Crippen LogP contribution in [0.2, 0.25) is 5.02 Å². The summed E-state index contributed by atoms with van der Waals surface area (Å²) < 4.78 is 10.5. The molecule has 1 fully saturated rings. The Bertz CT molecular complexity index is 770. The number of amides is 2. The summed E-state index contributed by atoms with van der Waals surface area (Å²) in [5, 5.41) is 13.4. The standard InChI is InChI=1S/C15H13ClN2O6S/c1-2-23-10-5-7(4-9(16)12(10)24-6-11(19)20)3-8-13(21)17-15(25)18-14(8)22/h3-5H,2,6H2,1H3,(H,19,20)(H2,17,18,21,22,25). The molecule has 0 bridgehead atoms. The van der Waals surface area contributed by atoms with Crippen LogP contribution in [-0.2, 0) is 14.4 Å². The summed E-state index contributed by atoms with van der Waals surface area (Å²) in [6, 6.07) is 2.90. The molecule has 1 aliphatic rings. The van der Waals surface area contributed by atoms with Gasteiger partial charge in [-0.25, -0.2) is 4.79 Å². The second-order valence-electron chi connectivity index (χ2n) is 4.74. The van der Waals surface area contributed by atoms with Crippen LogP contribution in [0.5, 0.6) is 11.5 Å². The van der Waals surface area contributed by atoms with Crippen LogP contribution in [0.1, 0.15) is 12.5 Å². The van der Waals surface area contributed by atoms with E-state index < -0.39 is 24.4 Å². The van der Waals surface area contributed by atoms with Gasteiger partial charge in [0.2, 0.25) is 0 Å². The summed E-state index contributed by atoms with van der Waals surface area (Å²) in [5.74, 6) is -2.21. The predicted molar refractivity (Wildman–Crippen MR) is 92.6 cm³/mol. The third-order valence-corrected chi connectivity index (χ3v) is 3.41. The van der Waals surface area contributed by atoms with Crippen LogP contribution in [-0.4, -0.2) is 41.2 Å². The van der Waals surface area contributed by atoms with Crippen LogP contribution in [0.4, 0.5) is 0 Å². The van der Waals surface area contributed by atoms with Gasteiger partial charge in [-0.05, 0) is 42.9 Å². The molecule has 1 aromatic rings. The number of nitrogens with one attached hydrogen (secondary N) is 2. The van der Waals surface area contributed by atoms with E-state index in [9.17, 15) is 14.4 Å². The van der Waals surface area contributed by atoms with Crippen molar-refractivity contribution in [2.75, 3.05) is 13.2 Å². The maximum atomic E-state index is 11.9. The fourth-order valence-corrected chi connectivity index (χ4v) is 2.44. The van der Waals surface area contributed by atoms with E-state index in [0.29, 0.717) is 5.56 Å². The number of aliphatic carboxylic acids is 1. The largest absolute Gasteiger partial charge is 0.490 e. The summed E-state index contributed by atoms with van der Waals surface area (Å²) in [6.07, 6.45) is 1.31. The molecule has 0 aromatic heterocycles. The van der Waals surface area contributed by atoms with Gasteiger partial charge < -0.3 is 14.6 Å². The Morgan fingerprint density at radius 3 is 2.48 bits per heavy atom. The molecule has 25 heavy (non-hydrogen) atoms. The van der Waals surface area contributed by atoms with Crippen molar-refractivity contribution in [3.63, 3.8) is 0 Å². The van der Waals surface area contributed by atoms with Gasteiger partial charge in [0, 0.05) is 0 Å². The Morgan fingerprint density at radius 2 is 1.92 bits per heavy atom. The zero-order valence-corrected chi connectivity index (χ0v) is 14.5. The van der Waals surface area contributed by atoms with Crippen LogP contribution in [0, 0.1) is 0 Å². The molecule has 1 saturated heterocycles. The summed E-state index contributed by atoms with van der Waals surface area (Å²) in [6.45, 7) is 1.40. The maximum absolute atomic E-state index is 11.9. The molecular weight excluding hydrogens is 372 g/mol. The highest BCUT2D eigenvalue weighted by molar-refractivity contribution is 7.80. The number of carboxylic acid groups (broad SMARTS) is 1. The van der Waals surface area contributed by atoms with Crippen molar-refractivity contribution < 1.29 is 29.0 Å². The van der Waals surface area contributed by atoms with Crippen molar-refractivity contribution in [1.82, 2.24) is 10.6 Å². The third-order valence-electron chi connectivity index (χ3n) is 2.93. The van der Waals surface area contributed by atoms with E-state index in [1.165, 1.54) is 18.2 Å². The smallest absolute Gasteiger partial charge is 0.341 e. The van der Waals surface area contributed by atoms with Gasteiger partial charge >= 0.3 is 5.97 Å². The molecule has 1 aromatic carbocycles. The minimum Gasteiger partial charge on any atom is -0.490 e. The fraction of sp³-hybridized carbons (Fsp3) is 0.200. The highest BCUT2D eigenvalue weighted by Crippen LogP contribution is 2.37. The van der Waals surface area contributed by atoms with Gasteiger partial charge in [0.05, 0.1) is 11.6 Å². The van der Waals surface area contributed by atoms with Crippen molar-refractivity contribution in [2.45, 2.75) is 6.92 Å². The predicted octanol–water partition coefficient (Wildman–Crippen LogP) is 1.12. The lowest BCUT2D eigenvalue weighted by Gasteiger charge is -2.17. The average Bonchev–Trinajstić information content (AvgIpc) is 2.50. The molecule has 0 atom stereocenters. The molecule has 1 heterocycles. The molecule has 0 aliphatic carbocycles. The molecular formula is C15H13ClN2O6S. The van der Waals surface area contributed by atoms with E-state index >= 15 is 0 Å². The highest BCUT2D eigenvalue weighted by atomic mass is 35.5. The van der Waals surface area contributed by atoms with Crippen molar-refractivity contribution in [1.29, 1.82) is 0 Å². The topological polar surface area (TPSA) is 114 Å². The Morgan fingerprint density at radius 1 is 1.28 bits per heavy atom. The number of halogens is 1. The first-order chi connectivity index (χ1) is 11.8. The first kappa shape index (κ1) is 18.7. The van der Waals surface area contributed by atoms with Gasteiger partial charge in [0.1, 0.15) is 5.57 Å². The molecule has 10 heteroatoms. The van der Waals surface area contributed by atoms with Crippen LogP contribution >= 0.6 is 23.8 Å². The quantitative estimate of drug-likeness (QED) is 0.382. The Hall–Kier alpha value is -2.65. The van der Waals surface area contributed by atoms with Gasteiger partial charge in [-0.1, -0.05) is 11.6 Å². The van der Waals surface area contributed by atoms with Gasteiger partial charge in [-0.15, -0.1) is 0 Å². The lowest BCUT2D eigenvalue weighted by molar-refractivity contribution is -0.139. The molecule has 0 spiro atoms. The zero-order chi connectivity index (χ0) is 18.6. The normalized spacial score (nSPS) is 13.8. The highest BCUT2D eigenvalue weighted by Gasteiger charge is 2.26. The summed E-state index contributed by atoms with van der Waals surface area (Å²) in [4.78, 5) is 34.4. The first-order valence-electron chi connectivity index (χ1n) is 7.01. The number of carbonyl (C=O) groups is 3. The molecule has 3 N–H and O–H groups in total. The Labute approximate surface area is 152 Å². The maximum Gasteiger partial charge on any atom is 0.341 e. The van der Waals surface area contributed by atoms with Crippen molar-refractivity contribution in [3.8, 4) is 11.5 Å². The van der Waals surface area contributed by atoms with Crippen LogP contribution in [0.15, 0.2) is 17.7 Å². The molecule has 2 amide bonds. The molecule has 0 saturated carbocycles. The van der Waals surface area contributed by atoms with Gasteiger partial charge in [0.15, 0.2) is 23.2 Å². The van der Waals surface area contributed by atoms with E-state index in [0.717, 1.165) is 0 Å². The molecule has 0 unspecified atom stereocenters. The number of ether oxygens (including phenoxy) is 2. The fourth-order valence-electron chi connectivity index (χ4n) is 1.98. The number of thiocarbonyl (C=S) groups is 1. The Kier molecular flexibility index (Phi) is 5.94. The van der Waals surface area contributed by atoms with E-state index in [2.05, 4.69) is 10.6 Å². The minimum absolute atomic E-state index is 0.0618.